The predicted octanol–water partition coefficient (Wildman–Crippen LogP) is 1.61. The van der Waals surface area contributed by atoms with Crippen molar-refractivity contribution >= 4 is 16.2 Å². The van der Waals surface area contributed by atoms with E-state index in [2.05, 4.69) is 0 Å². The minimum absolute atomic E-state index is 0.169. The van der Waals surface area contributed by atoms with E-state index in [4.69, 9.17) is 8.92 Å². The fraction of sp³-hybridized carbons (Fsp3) is 0.923. The molecule has 1 saturated heterocycles. The molecule has 1 saturated carbocycles. The highest BCUT2D eigenvalue weighted by Gasteiger charge is 2.54. The molecular weight excluding hydrogens is 282 g/mol. The second-order valence-corrected chi connectivity index (χ2v) is 8.74. The quantitative estimate of drug-likeness (QED) is 0.741. The number of carbonyl (C=O) groups is 1. The lowest BCUT2D eigenvalue weighted by molar-refractivity contribution is -0.102. The van der Waals surface area contributed by atoms with Crippen LogP contribution in [-0.2, 0) is 19.0 Å². The first-order valence-electron chi connectivity index (χ1n) is 6.80. The molecule has 1 amide bonds. The van der Waals surface area contributed by atoms with Crippen molar-refractivity contribution in [3.05, 3.63) is 0 Å². The third-order valence-electron chi connectivity index (χ3n) is 3.67. The maximum Gasteiger partial charge on any atom is 0.410 e. The molecule has 1 spiro atoms. The van der Waals surface area contributed by atoms with Gasteiger partial charge in [0.1, 0.15) is 5.60 Å². The summed E-state index contributed by atoms with van der Waals surface area (Å²) < 4.78 is 31.9. The van der Waals surface area contributed by atoms with Crippen LogP contribution in [0.4, 0.5) is 4.79 Å². The molecule has 2 fully saturated rings. The molecule has 2 rings (SSSR count). The summed E-state index contributed by atoms with van der Waals surface area (Å²) in [6, 6.07) is 0. The van der Waals surface area contributed by atoms with Gasteiger partial charge >= 0.3 is 6.09 Å². The Morgan fingerprint density at radius 2 is 1.85 bits per heavy atom. The van der Waals surface area contributed by atoms with Crippen LogP contribution in [0.2, 0.25) is 0 Å². The largest absolute Gasteiger partial charge is 0.444 e. The van der Waals surface area contributed by atoms with Gasteiger partial charge < -0.3 is 9.64 Å². The van der Waals surface area contributed by atoms with Gasteiger partial charge in [0.15, 0.2) is 0 Å². The standard InChI is InChI=1S/C13H23NO5S/c1-12(2,3)19-11(15)14-8-13(9-14)5-10(6-13)7-18-20(4,16)17/h10H,5-9H2,1-4H3. The molecule has 0 aromatic heterocycles. The van der Waals surface area contributed by atoms with Gasteiger partial charge in [-0.05, 0) is 39.5 Å². The molecule has 0 radical (unpaired) electrons. The molecule has 0 unspecified atom stereocenters. The summed E-state index contributed by atoms with van der Waals surface area (Å²) >= 11 is 0. The predicted molar refractivity (Wildman–Crippen MR) is 73.8 cm³/mol. The van der Waals surface area contributed by atoms with E-state index in [0.717, 1.165) is 19.1 Å². The molecule has 0 N–H and O–H groups in total. The lowest BCUT2D eigenvalue weighted by atomic mass is 9.58. The van der Waals surface area contributed by atoms with E-state index in [1.165, 1.54) is 0 Å². The zero-order valence-electron chi connectivity index (χ0n) is 12.5. The smallest absolute Gasteiger partial charge is 0.410 e. The van der Waals surface area contributed by atoms with Crippen LogP contribution in [0, 0.1) is 11.3 Å². The molecule has 7 heteroatoms. The summed E-state index contributed by atoms with van der Waals surface area (Å²) in [5.74, 6) is 0.283. The van der Waals surface area contributed by atoms with Crippen LogP contribution in [0.15, 0.2) is 0 Å². The normalized spacial score (nSPS) is 22.3. The highest BCUT2D eigenvalue weighted by Crippen LogP contribution is 2.52. The van der Waals surface area contributed by atoms with Gasteiger partial charge in [-0.15, -0.1) is 0 Å². The summed E-state index contributed by atoms with van der Waals surface area (Å²) in [6.45, 7) is 7.22. The Hall–Kier alpha value is -0.820. The van der Waals surface area contributed by atoms with Crippen molar-refractivity contribution in [1.82, 2.24) is 4.90 Å². The highest BCUT2D eigenvalue weighted by molar-refractivity contribution is 7.85. The van der Waals surface area contributed by atoms with Crippen molar-refractivity contribution < 1.29 is 22.1 Å². The maximum atomic E-state index is 11.8. The fourth-order valence-corrected chi connectivity index (χ4v) is 3.42. The van der Waals surface area contributed by atoms with E-state index < -0.39 is 15.7 Å². The Labute approximate surface area is 120 Å². The molecule has 116 valence electrons. The first-order chi connectivity index (χ1) is 8.98. The number of amides is 1. The fourth-order valence-electron chi connectivity index (χ4n) is 2.98. The van der Waals surface area contributed by atoms with Crippen LogP contribution in [0.25, 0.3) is 0 Å². The van der Waals surface area contributed by atoms with Crippen molar-refractivity contribution in [3.8, 4) is 0 Å². The van der Waals surface area contributed by atoms with E-state index in [1.807, 2.05) is 20.8 Å². The number of carbonyl (C=O) groups excluding carboxylic acids is 1. The number of hydrogen-bond donors (Lipinski definition) is 0. The molecule has 2 aliphatic rings. The second kappa shape index (κ2) is 4.87. The molecule has 20 heavy (non-hydrogen) atoms. The van der Waals surface area contributed by atoms with Crippen molar-refractivity contribution in [2.75, 3.05) is 26.0 Å². The van der Waals surface area contributed by atoms with Gasteiger partial charge in [0.05, 0.1) is 12.9 Å². The Bertz CT molecular complexity index is 479. The molecule has 1 heterocycles. The van der Waals surface area contributed by atoms with Crippen LogP contribution in [-0.4, -0.2) is 51.0 Å². The average molecular weight is 305 g/mol. The van der Waals surface area contributed by atoms with Gasteiger partial charge in [0.25, 0.3) is 10.1 Å². The molecular formula is C13H23NO5S. The number of ether oxygens (including phenoxy) is 1. The topological polar surface area (TPSA) is 72.9 Å². The van der Waals surface area contributed by atoms with Gasteiger partial charge in [0, 0.05) is 18.5 Å². The lowest BCUT2D eigenvalue weighted by Crippen LogP contribution is -2.64. The average Bonchev–Trinajstić information content (AvgIpc) is 2.07. The molecule has 0 bridgehead atoms. The Kier molecular flexibility index (Phi) is 3.79. The van der Waals surface area contributed by atoms with E-state index in [1.54, 1.807) is 4.90 Å². The number of nitrogens with zero attached hydrogens (tertiary/aromatic N) is 1. The first kappa shape index (κ1) is 15.6. The summed E-state index contributed by atoms with van der Waals surface area (Å²) in [6.07, 6.45) is 2.64. The third kappa shape index (κ3) is 3.85. The number of rotatable bonds is 3. The number of hydrogen-bond acceptors (Lipinski definition) is 5. The van der Waals surface area contributed by atoms with Gasteiger partial charge in [-0.2, -0.15) is 8.42 Å². The molecule has 1 aliphatic carbocycles. The minimum Gasteiger partial charge on any atom is -0.444 e. The van der Waals surface area contributed by atoms with Crippen molar-refractivity contribution in [2.24, 2.45) is 11.3 Å². The van der Waals surface area contributed by atoms with Gasteiger partial charge in [-0.1, -0.05) is 0 Å². The SMILES string of the molecule is CC(C)(C)OC(=O)N1CC2(CC(COS(C)(=O)=O)C2)C1. The van der Waals surface area contributed by atoms with E-state index >= 15 is 0 Å². The maximum absolute atomic E-state index is 11.8. The van der Waals surface area contributed by atoms with Crippen LogP contribution in [0.5, 0.6) is 0 Å². The molecule has 1 aliphatic heterocycles. The van der Waals surface area contributed by atoms with Crippen LogP contribution in [0.3, 0.4) is 0 Å². The van der Waals surface area contributed by atoms with E-state index in [-0.39, 0.29) is 24.0 Å². The van der Waals surface area contributed by atoms with E-state index in [0.29, 0.717) is 13.1 Å². The van der Waals surface area contributed by atoms with Gasteiger partial charge in [-0.25, -0.2) is 4.79 Å². The van der Waals surface area contributed by atoms with Gasteiger partial charge in [-0.3, -0.25) is 4.18 Å². The van der Waals surface area contributed by atoms with Crippen LogP contribution in [0.1, 0.15) is 33.6 Å². The Morgan fingerprint density at radius 3 is 2.30 bits per heavy atom. The number of likely N-dealkylation sites (tertiary alicyclic amines) is 1. The van der Waals surface area contributed by atoms with Gasteiger partial charge in [0.2, 0.25) is 0 Å². The summed E-state index contributed by atoms with van der Waals surface area (Å²) in [5, 5.41) is 0. The monoisotopic (exact) mass is 305 g/mol. The van der Waals surface area contributed by atoms with Crippen molar-refractivity contribution in [1.29, 1.82) is 0 Å². The lowest BCUT2D eigenvalue weighted by Gasteiger charge is -2.58. The zero-order chi connectivity index (χ0) is 15.2. The molecule has 0 aromatic rings. The second-order valence-electron chi connectivity index (χ2n) is 7.10. The summed E-state index contributed by atoms with van der Waals surface area (Å²) in [4.78, 5) is 13.5. The Balaban J connectivity index is 1.69. The Morgan fingerprint density at radius 1 is 1.30 bits per heavy atom. The highest BCUT2D eigenvalue weighted by atomic mass is 32.2. The zero-order valence-corrected chi connectivity index (χ0v) is 13.3. The molecule has 6 nitrogen and oxygen atoms in total. The summed E-state index contributed by atoms with van der Waals surface area (Å²) in [7, 11) is -3.35. The molecule has 0 atom stereocenters. The van der Waals surface area contributed by atoms with Crippen molar-refractivity contribution in [2.45, 2.75) is 39.2 Å². The third-order valence-corrected chi connectivity index (χ3v) is 4.23. The summed E-state index contributed by atoms with van der Waals surface area (Å²) in [5.41, 5.74) is -0.298. The van der Waals surface area contributed by atoms with Crippen LogP contribution < -0.4 is 0 Å². The van der Waals surface area contributed by atoms with Crippen LogP contribution >= 0.6 is 0 Å². The van der Waals surface area contributed by atoms with Crippen molar-refractivity contribution in [3.63, 3.8) is 0 Å². The van der Waals surface area contributed by atoms with E-state index in [9.17, 15) is 13.2 Å². The molecule has 0 aromatic carbocycles. The first-order valence-corrected chi connectivity index (χ1v) is 8.62. The minimum atomic E-state index is -3.35.